The van der Waals surface area contributed by atoms with E-state index in [1.165, 1.54) is 4.90 Å². The Morgan fingerprint density at radius 2 is 2.04 bits per heavy atom. The molecule has 4 amide bonds. The third-order valence-electron chi connectivity index (χ3n) is 5.07. The van der Waals surface area contributed by atoms with Crippen molar-refractivity contribution in [1.29, 1.82) is 0 Å². The Balaban J connectivity index is 1.49. The number of amides is 4. The van der Waals surface area contributed by atoms with Crippen LogP contribution in [0, 0.1) is 0 Å². The zero-order valence-electron chi connectivity index (χ0n) is 15.0. The average molecular weight is 426 g/mol. The first kappa shape index (κ1) is 18.9. The number of hydrogen-bond donors (Lipinski definition) is 3. The first-order chi connectivity index (χ1) is 12.4. The molecule has 1 aliphatic carbocycles. The number of aromatic amines is 1. The van der Waals surface area contributed by atoms with Gasteiger partial charge in [0.25, 0.3) is 11.8 Å². The molecule has 2 heterocycles. The molecule has 0 aromatic carbocycles. The number of rotatable bonds is 6. The molecule has 0 atom stereocenters. The summed E-state index contributed by atoms with van der Waals surface area (Å²) in [5, 5.41) is 12.6. The zero-order chi connectivity index (χ0) is 18.9. The summed E-state index contributed by atoms with van der Waals surface area (Å²) in [4.78, 5) is 38.2. The van der Waals surface area contributed by atoms with Crippen molar-refractivity contribution in [1.82, 2.24) is 25.7 Å². The number of imide groups is 1. The van der Waals surface area contributed by atoms with E-state index in [0.717, 1.165) is 31.4 Å². The molecule has 2 aliphatic rings. The van der Waals surface area contributed by atoms with Crippen molar-refractivity contribution in [3.63, 3.8) is 0 Å². The Morgan fingerprint density at radius 3 is 2.65 bits per heavy atom. The molecule has 8 nitrogen and oxygen atoms in total. The second-order valence-corrected chi connectivity index (χ2v) is 8.03. The van der Waals surface area contributed by atoms with Crippen LogP contribution in [0.2, 0.25) is 0 Å². The highest BCUT2D eigenvalue weighted by Crippen LogP contribution is 2.35. The monoisotopic (exact) mass is 425 g/mol. The van der Waals surface area contributed by atoms with Crippen LogP contribution < -0.4 is 10.6 Å². The molecule has 26 heavy (non-hydrogen) atoms. The van der Waals surface area contributed by atoms with Gasteiger partial charge in [-0.05, 0) is 41.1 Å². The number of hydrogen-bond acceptors (Lipinski definition) is 4. The largest absolute Gasteiger partial charge is 0.351 e. The van der Waals surface area contributed by atoms with Crippen LogP contribution in [-0.2, 0) is 4.79 Å². The fourth-order valence-corrected chi connectivity index (χ4v) is 4.41. The van der Waals surface area contributed by atoms with Gasteiger partial charge >= 0.3 is 6.03 Å². The number of carbonyl (C=O) groups excluding carboxylic acids is 3. The molecule has 9 heteroatoms. The maximum absolute atomic E-state index is 12.5. The summed E-state index contributed by atoms with van der Waals surface area (Å²) in [7, 11) is 0. The fourth-order valence-electron chi connectivity index (χ4n) is 3.59. The van der Waals surface area contributed by atoms with Crippen LogP contribution in [0.25, 0.3) is 0 Å². The minimum absolute atomic E-state index is 0.122. The van der Waals surface area contributed by atoms with E-state index in [9.17, 15) is 14.4 Å². The normalized spacial score (nSPS) is 18.8. The smallest absolute Gasteiger partial charge is 0.325 e. The van der Waals surface area contributed by atoms with Gasteiger partial charge in [0.15, 0.2) is 5.69 Å². The van der Waals surface area contributed by atoms with E-state index in [1.807, 2.05) is 13.8 Å². The Labute approximate surface area is 160 Å². The van der Waals surface area contributed by atoms with E-state index in [0.29, 0.717) is 29.7 Å². The van der Waals surface area contributed by atoms with Gasteiger partial charge in [-0.1, -0.05) is 26.7 Å². The number of nitrogens with zero attached hydrogens (tertiary/aromatic N) is 2. The molecule has 1 spiro atoms. The second-order valence-electron chi connectivity index (χ2n) is 7.24. The van der Waals surface area contributed by atoms with Crippen molar-refractivity contribution in [2.24, 2.45) is 0 Å². The van der Waals surface area contributed by atoms with Gasteiger partial charge in [-0.2, -0.15) is 5.10 Å². The summed E-state index contributed by atoms with van der Waals surface area (Å²) in [5.41, 5.74) is 0.512. The topological polar surface area (TPSA) is 107 Å². The van der Waals surface area contributed by atoms with Gasteiger partial charge in [-0.3, -0.25) is 19.6 Å². The first-order valence-corrected chi connectivity index (χ1v) is 9.81. The molecule has 3 N–H and O–H groups in total. The van der Waals surface area contributed by atoms with Crippen molar-refractivity contribution < 1.29 is 14.4 Å². The molecule has 142 valence electrons. The lowest BCUT2D eigenvalue weighted by atomic mass is 9.98. The van der Waals surface area contributed by atoms with Gasteiger partial charge in [0.2, 0.25) is 0 Å². The minimum atomic E-state index is -0.673. The van der Waals surface area contributed by atoms with Gasteiger partial charge in [0.05, 0.1) is 10.2 Å². The third kappa shape index (κ3) is 3.36. The molecule has 2 fully saturated rings. The predicted molar refractivity (Wildman–Crippen MR) is 98.8 cm³/mol. The highest BCUT2D eigenvalue weighted by Gasteiger charge is 2.51. The van der Waals surface area contributed by atoms with E-state index in [-0.39, 0.29) is 23.8 Å². The number of halogens is 1. The second kappa shape index (κ2) is 7.38. The van der Waals surface area contributed by atoms with Gasteiger partial charge in [-0.25, -0.2) is 4.79 Å². The Kier molecular flexibility index (Phi) is 5.36. The highest BCUT2D eigenvalue weighted by atomic mass is 79.9. The lowest BCUT2D eigenvalue weighted by molar-refractivity contribution is -0.131. The molecule has 1 aliphatic heterocycles. The summed E-state index contributed by atoms with van der Waals surface area (Å²) >= 11 is 3.40. The number of urea groups is 1. The maximum atomic E-state index is 12.5. The number of H-pyrrole nitrogens is 1. The number of aromatic nitrogens is 2. The van der Waals surface area contributed by atoms with Crippen LogP contribution in [-0.4, -0.2) is 51.6 Å². The van der Waals surface area contributed by atoms with Crippen LogP contribution in [0.3, 0.4) is 0 Å². The average Bonchev–Trinajstić information content (AvgIpc) is 3.26. The van der Waals surface area contributed by atoms with Crippen molar-refractivity contribution in [3.8, 4) is 0 Å². The van der Waals surface area contributed by atoms with Crippen LogP contribution in [0.15, 0.2) is 4.47 Å². The van der Waals surface area contributed by atoms with Gasteiger partial charge < -0.3 is 10.6 Å². The van der Waals surface area contributed by atoms with E-state index >= 15 is 0 Å². The van der Waals surface area contributed by atoms with Crippen molar-refractivity contribution in [2.75, 3.05) is 13.1 Å². The van der Waals surface area contributed by atoms with Crippen molar-refractivity contribution in [2.45, 2.75) is 57.4 Å². The van der Waals surface area contributed by atoms with Crippen LogP contribution in [0.4, 0.5) is 4.79 Å². The molecule has 1 saturated heterocycles. The first-order valence-electron chi connectivity index (χ1n) is 9.02. The Hall–Kier alpha value is -1.90. The summed E-state index contributed by atoms with van der Waals surface area (Å²) < 4.78 is 0.669. The summed E-state index contributed by atoms with van der Waals surface area (Å²) in [6.07, 6.45) is 3.87. The Bertz CT molecular complexity index is 724. The molecule has 1 aromatic heterocycles. The molecular weight excluding hydrogens is 402 g/mol. The van der Waals surface area contributed by atoms with Gasteiger partial charge in [-0.15, -0.1) is 0 Å². The van der Waals surface area contributed by atoms with E-state index in [2.05, 4.69) is 36.8 Å². The maximum Gasteiger partial charge on any atom is 0.325 e. The standard InChI is InChI=1S/C17H24BrN5O3/c1-10(2)12-11(18)13(22-21-12)14(24)19-8-5-9-23-15(25)17(20-16(23)26)6-3-4-7-17/h10H,3-9H2,1-2H3,(H,19,24)(H,20,26)(H,21,22). The summed E-state index contributed by atoms with van der Waals surface area (Å²) in [5.74, 6) is -0.187. The lowest BCUT2D eigenvalue weighted by Crippen LogP contribution is -2.44. The SMILES string of the molecule is CC(C)c1[nH]nc(C(=O)NCCCN2C(=O)NC3(CCCC3)C2=O)c1Br. The van der Waals surface area contributed by atoms with Gasteiger partial charge in [0, 0.05) is 13.1 Å². The predicted octanol–water partition coefficient (Wildman–Crippen LogP) is 2.28. The molecule has 0 radical (unpaired) electrons. The molecule has 1 saturated carbocycles. The fraction of sp³-hybridized carbons (Fsp3) is 0.647. The number of nitrogens with one attached hydrogen (secondary N) is 3. The molecular formula is C17H24BrN5O3. The van der Waals surface area contributed by atoms with Crippen LogP contribution >= 0.6 is 15.9 Å². The van der Waals surface area contributed by atoms with Crippen LogP contribution in [0.5, 0.6) is 0 Å². The quantitative estimate of drug-likeness (QED) is 0.479. The number of carbonyl (C=O) groups is 3. The summed E-state index contributed by atoms with van der Waals surface area (Å²) in [6.45, 7) is 4.68. The van der Waals surface area contributed by atoms with E-state index in [1.54, 1.807) is 0 Å². The molecule has 0 bridgehead atoms. The lowest BCUT2D eigenvalue weighted by Gasteiger charge is -2.20. The van der Waals surface area contributed by atoms with Crippen molar-refractivity contribution in [3.05, 3.63) is 15.9 Å². The van der Waals surface area contributed by atoms with Crippen molar-refractivity contribution >= 4 is 33.8 Å². The van der Waals surface area contributed by atoms with Crippen LogP contribution in [0.1, 0.15) is 68.1 Å². The molecule has 3 rings (SSSR count). The van der Waals surface area contributed by atoms with E-state index < -0.39 is 5.54 Å². The third-order valence-corrected chi connectivity index (χ3v) is 5.87. The molecule has 1 aromatic rings. The minimum Gasteiger partial charge on any atom is -0.351 e. The van der Waals surface area contributed by atoms with Gasteiger partial charge in [0.1, 0.15) is 5.54 Å². The molecule has 0 unspecified atom stereocenters. The summed E-state index contributed by atoms with van der Waals surface area (Å²) in [6, 6.07) is -0.320. The highest BCUT2D eigenvalue weighted by molar-refractivity contribution is 9.10. The Morgan fingerprint density at radius 1 is 1.35 bits per heavy atom. The zero-order valence-corrected chi connectivity index (χ0v) is 16.6. The van der Waals surface area contributed by atoms with E-state index in [4.69, 9.17) is 0 Å².